The molecule has 0 spiro atoms. The van der Waals surface area contributed by atoms with Gasteiger partial charge in [-0.1, -0.05) is 19.8 Å². The van der Waals surface area contributed by atoms with Gasteiger partial charge in [-0.25, -0.2) is 0 Å². The molecular weight excluding hydrogens is 260 g/mol. The Morgan fingerprint density at radius 1 is 1.14 bits per heavy atom. The molecule has 122 valence electrons. The number of nitrogens with zero attached hydrogens (tertiary/aromatic N) is 1. The maximum Gasteiger partial charge on any atom is 0.0616 e. The molecule has 3 fully saturated rings. The molecule has 3 unspecified atom stereocenters. The van der Waals surface area contributed by atoms with E-state index < -0.39 is 0 Å². The molecule has 3 aliphatic rings. The standard InChI is InChI=1S/C18H34N2O/c1-2-17-7-3-4-12-20(17)13-10-15-6-5-11-18(15,14-21)19-16-8-9-16/h15-17,19,21H,2-14H2,1H3. The smallest absolute Gasteiger partial charge is 0.0616 e. The van der Waals surface area contributed by atoms with Crippen molar-refractivity contribution in [2.24, 2.45) is 5.92 Å². The van der Waals surface area contributed by atoms with E-state index in [-0.39, 0.29) is 5.54 Å². The zero-order valence-corrected chi connectivity index (χ0v) is 13.8. The van der Waals surface area contributed by atoms with Gasteiger partial charge < -0.3 is 15.3 Å². The summed E-state index contributed by atoms with van der Waals surface area (Å²) in [4.78, 5) is 2.74. The lowest BCUT2D eigenvalue weighted by molar-refractivity contribution is 0.0917. The van der Waals surface area contributed by atoms with Gasteiger partial charge in [0.1, 0.15) is 0 Å². The molecule has 0 radical (unpaired) electrons. The molecule has 0 aromatic rings. The highest BCUT2D eigenvalue weighted by molar-refractivity contribution is 5.03. The first-order chi connectivity index (χ1) is 10.3. The summed E-state index contributed by atoms with van der Waals surface area (Å²) < 4.78 is 0. The Morgan fingerprint density at radius 2 is 2.00 bits per heavy atom. The largest absolute Gasteiger partial charge is 0.394 e. The Kier molecular flexibility index (Phi) is 5.23. The van der Waals surface area contributed by atoms with Crippen LogP contribution in [-0.2, 0) is 0 Å². The highest BCUT2D eigenvalue weighted by Gasteiger charge is 2.45. The van der Waals surface area contributed by atoms with Gasteiger partial charge in [-0.05, 0) is 70.4 Å². The summed E-state index contributed by atoms with van der Waals surface area (Å²) in [5.74, 6) is 0.683. The maximum absolute atomic E-state index is 10.0. The minimum absolute atomic E-state index is 0.0542. The second-order valence-electron chi connectivity index (χ2n) is 7.70. The van der Waals surface area contributed by atoms with Crippen LogP contribution < -0.4 is 5.32 Å². The van der Waals surface area contributed by atoms with Crippen molar-refractivity contribution in [2.45, 2.75) is 88.8 Å². The summed E-state index contributed by atoms with van der Waals surface area (Å²) in [6.07, 6.45) is 13.2. The number of piperidine rings is 1. The average molecular weight is 294 g/mol. The summed E-state index contributed by atoms with van der Waals surface area (Å²) >= 11 is 0. The van der Waals surface area contributed by atoms with Crippen LogP contribution in [0.15, 0.2) is 0 Å². The van der Waals surface area contributed by atoms with Gasteiger partial charge in [0.05, 0.1) is 6.61 Å². The molecule has 3 rings (SSSR count). The van der Waals surface area contributed by atoms with Crippen LogP contribution in [0.1, 0.15) is 71.1 Å². The molecule has 1 heterocycles. The van der Waals surface area contributed by atoms with E-state index in [1.54, 1.807) is 0 Å². The molecular formula is C18H34N2O. The van der Waals surface area contributed by atoms with Crippen molar-refractivity contribution < 1.29 is 5.11 Å². The summed E-state index contributed by atoms with van der Waals surface area (Å²) in [7, 11) is 0. The van der Waals surface area contributed by atoms with Crippen LogP contribution in [0, 0.1) is 5.92 Å². The van der Waals surface area contributed by atoms with Crippen molar-refractivity contribution in [1.82, 2.24) is 10.2 Å². The predicted octanol–water partition coefficient (Wildman–Crippen LogP) is 2.92. The predicted molar refractivity (Wildman–Crippen MR) is 87.4 cm³/mol. The van der Waals surface area contributed by atoms with Crippen molar-refractivity contribution in [2.75, 3.05) is 19.7 Å². The van der Waals surface area contributed by atoms with Gasteiger partial charge >= 0.3 is 0 Å². The summed E-state index contributed by atoms with van der Waals surface area (Å²) in [6, 6.07) is 1.52. The van der Waals surface area contributed by atoms with Gasteiger partial charge in [0, 0.05) is 17.6 Å². The molecule has 0 amide bonds. The molecule has 3 atom stereocenters. The van der Waals surface area contributed by atoms with E-state index in [2.05, 4.69) is 17.1 Å². The lowest BCUT2D eigenvalue weighted by Gasteiger charge is -2.39. The topological polar surface area (TPSA) is 35.5 Å². The minimum atomic E-state index is 0.0542. The molecule has 3 heteroatoms. The molecule has 0 aromatic heterocycles. The third-order valence-electron chi connectivity index (χ3n) is 6.29. The molecule has 2 aliphatic carbocycles. The van der Waals surface area contributed by atoms with E-state index in [1.807, 2.05) is 0 Å². The molecule has 3 nitrogen and oxygen atoms in total. The van der Waals surface area contributed by atoms with Crippen molar-refractivity contribution in [1.29, 1.82) is 0 Å². The van der Waals surface area contributed by atoms with E-state index >= 15 is 0 Å². The van der Waals surface area contributed by atoms with Gasteiger partial charge in [-0.3, -0.25) is 0 Å². The second-order valence-corrected chi connectivity index (χ2v) is 7.70. The van der Waals surface area contributed by atoms with E-state index in [9.17, 15) is 5.11 Å². The summed E-state index contributed by atoms with van der Waals surface area (Å²) in [5.41, 5.74) is 0.0542. The van der Waals surface area contributed by atoms with Crippen LogP contribution in [0.3, 0.4) is 0 Å². The first kappa shape index (κ1) is 15.8. The van der Waals surface area contributed by atoms with Crippen LogP contribution in [0.2, 0.25) is 0 Å². The number of nitrogens with one attached hydrogen (secondary N) is 1. The first-order valence-electron chi connectivity index (χ1n) is 9.40. The number of hydrogen-bond donors (Lipinski definition) is 2. The average Bonchev–Trinajstić information content (AvgIpc) is 3.24. The Morgan fingerprint density at radius 3 is 2.71 bits per heavy atom. The van der Waals surface area contributed by atoms with Gasteiger partial charge in [-0.15, -0.1) is 0 Å². The molecule has 2 saturated carbocycles. The van der Waals surface area contributed by atoms with Crippen LogP contribution >= 0.6 is 0 Å². The maximum atomic E-state index is 10.0. The fraction of sp³-hybridized carbons (Fsp3) is 1.00. The van der Waals surface area contributed by atoms with Gasteiger partial charge in [0.15, 0.2) is 0 Å². The third kappa shape index (κ3) is 3.62. The third-order valence-corrected chi connectivity index (χ3v) is 6.29. The molecule has 2 N–H and O–H groups in total. The van der Waals surface area contributed by atoms with E-state index in [0.717, 1.165) is 6.04 Å². The van der Waals surface area contributed by atoms with Crippen molar-refractivity contribution >= 4 is 0 Å². The number of hydrogen-bond acceptors (Lipinski definition) is 3. The highest BCUT2D eigenvalue weighted by atomic mass is 16.3. The Labute approximate surface area is 130 Å². The SMILES string of the molecule is CCC1CCCCN1CCC1CCCC1(CO)NC1CC1. The minimum Gasteiger partial charge on any atom is -0.394 e. The molecule has 1 saturated heterocycles. The zero-order chi connectivity index (χ0) is 14.7. The van der Waals surface area contributed by atoms with Crippen molar-refractivity contribution in [3.63, 3.8) is 0 Å². The number of likely N-dealkylation sites (tertiary alicyclic amines) is 1. The molecule has 21 heavy (non-hydrogen) atoms. The fourth-order valence-corrected chi connectivity index (χ4v) is 4.78. The summed E-state index contributed by atoms with van der Waals surface area (Å²) in [5, 5.41) is 13.8. The monoisotopic (exact) mass is 294 g/mol. The van der Waals surface area contributed by atoms with Crippen molar-refractivity contribution in [3.05, 3.63) is 0 Å². The lowest BCUT2D eigenvalue weighted by atomic mass is 9.84. The highest BCUT2D eigenvalue weighted by Crippen LogP contribution is 2.40. The van der Waals surface area contributed by atoms with Crippen LogP contribution in [0.4, 0.5) is 0 Å². The molecule has 0 aromatic carbocycles. The molecule has 1 aliphatic heterocycles. The van der Waals surface area contributed by atoms with Crippen LogP contribution in [0.5, 0.6) is 0 Å². The number of aliphatic hydroxyl groups is 1. The Bertz CT molecular complexity index is 331. The van der Waals surface area contributed by atoms with Gasteiger partial charge in [0.25, 0.3) is 0 Å². The lowest BCUT2D eigenvalue weighted by Crippen LogP contribution is -2.53. The quantitative estimate of drug-likeness (QED) is 0.758. The normalized spacial score (nSPS) is 38.0. The Hall–Kier alpha value is -0.120. The number of rotatable bonds is 7. The van der Waals surface area contributed by atoms with Crippen LogP contribution in [0.25, 0.3) is 0 Å². The van der Waals surface area contributed by atoms with E-state index in [4.69, 9.17) is 0 Å². The van der Waals surface area contributed by atoms with E-state index in [1.165, 1.54) is 77.3 Å². The first-order valence-corrected chi connectivity index (χ1v) is 9.40. The Balaban J connectivity index is 1.55. The zero-order valence-electron chi connectivity index (χ0n) is 13.8. The second kappa shape index (κ2) is 6.97. The number of aliphatic hydroxyl groups excluding tert-OH is 1. The van der Waals surface area contributed by atoms with E-state index in [0.29, 0.717) is 18.6 Å². The van der Waals surface area contributed by atoms with Gasteiger partial charge in [-0.2, -0.15) is 0 Å². The summed E-state index contributed by atoms with van der Waals surface area (Å²) in [6.45, 7) is 5.22. The fourth-order valence-electron chi connectivity index (χ4n) is 4.78. The molecule has 0 bridgehead atoms. The van der Waals surface area contributed by atoms with Crippen molar-refractivity contribution in [3.8, 4) is 0 Å². The van der Waals surface area contributed by atoms with Gasteiger partial charge in [0.2, 0.25) is 0 Å². The van der Waals surface area contributed by atoms with Crippen LogP contribution in [-0.4, -0.2) is 47.3 Å².